The van der Waals surface area contributed by atoms with Crippen molar-refractivity contribution >= 4 is 55.9 Å². The predicted molar refractivity (Wildman–Crippen MR) is 114 cm³/mol. The third-order valence-electron chi connectivity index (χ3n) is 4.53. The zero-order chi connectivity index (χ0) is 26.1. The lowest BCUT2D eigenvalue weighted by molar-refractivity contribution is -0.169. The van der Waals surface area contributed by atoms with Gasteiger partial charge in [0.15, 0.2) is 17.4 Å². The molecule has 194 valence electrons. The predicted octanol–water partition coefficient (Wildman–Crippen LogP) is -4.08. The number of rotatable bonds is 9. The Labute approximate surface area is 200 Å². The first-order chi connectivity index (χ1) is 16.3. The third kappa shape index (κ3) is 6.39. The van der Waals surface area contributed by atoms with Gasteiger partial charge in [-0.2, -0.15) is 9.88 Å². The molecule has 9 N–H and O–H groups in total. The average molecular weight is 561 g/mol. The first-order valence-electron chi connectivity index (χ1n) is 9.30. The molecule has 18 nitrogen and oxygen atoms in total. The van der Waals surface area contributed by atoms with Gasteiger partial charge in [-0.05, 0) is 0 Å². The van der Waals surface area contributed by atoms with Crippen molar-refractivity contribution in [1.29, 1.82) is 0 Å². The minimum Gasteiger partial charge on any atom is -0.602 e. The molecule has 1 aliphatic heterocycles. The lowest BCUT2D eigenvalue weighted by atomic mass is 10.1. The molecule has 6 atom stereocenters. The largest absolute Gasteiger partial charge is 0.602 e. The summed E-state index contributed by atoms with van der Waals surface area (Å²) in [5.41, 5.74) is 3.66. The second-order valence-electron chi connectivity index (χ2n) is 6.92. The summed E-state index contributed by atoms with van der Waals surface area (Å²) in [6.45, 7) is -0.772. The van der Waals surface area contributed by atoms with Crippen molar-refractivity contribution in [3.63, 3.8) is 0 Å². The van der Waals surface area contributed by atoms with Crippen LogP contribution in [0.3, 0.4) is 0 Å². The molecule has 0 bridgehead atoms. The summed E-state index contributed by atoms with van der Waals surface area (Å²) in [5.74, 6) is -1.94. The maximum absolute atomic E-state index is 12.0. The van der Waals surface area contributed by atoms with Gasteiger partial charge in [0.25, 0.3) is 17.3 Å². The fraction of sp³-hybridized carbons (Fsp3) is 0.500. The standard InChI is InChI=1S/C14H19ClN6O12P2/c15-1-5(22)18-11(34(26)27)13(33-35(28,29)30)31-2-4-7(23)8(24)12(32-4)21-3-17-6-9(21)19-14(16)20-10(6)25/h3-4,7-8,12-13,23-24H,1-2H2,(H,18,22)(H,26,27)(H2,28,29,30)(H3,16,19,20,25)/t4-,7-,8-,12-,13?/m1/s1. The number of nitrogens with two attached hydrogens (primary N) is 1. The van der Waals surface area contributed by atoms with Crippen LogP contribution in [0.25, 0.3) is 11.2 Å². The van der Waals surface area contributed by atoms with Crippen molar-refractivity contribution in [2.45, 2.75) is 30.8 Å². The van der Waals surface area contributed by atoms with E-state index in [1.54, 1.807) is 0 Å². The summed E-state index contributed by atoms with van der Waals surface area (Å²) in [5, 5.41) is 22.7. The summed E-state index contributed by atoms with van der Waals surface area (Å²) in [6.07, 6.45) is -7.27. The second-order valence-corrected chi connectivity index (χ2v) is 9.41. The Bertz CT molecular complexity index is 1230. The highest BCUT2D eigenvalue weighted by molar-refractivity contribution is 7.47. The number of hydrogen-bond donors (Lipinski definition) is 8. The normalized spacial score (nSPS) is 24.4. The van der Waals surface area contributed by atoms with Crippen molar-refractivity contribution < 1.29 is 53.1 Å². The highest BCUT2D eigenvalue weighted by atomic mass is 35.5. The summed E-state index contributed by atoms with van der Waals surface area (Å²) in [7, 11) is -8.77. The lowest BCUT2D eigenvalue weighted by Gasteiger charge is -2.21. The van der Waals surface area contributed by atoms with Crippen LogP contribution < -0.4 is 21.5 Å². The lowest BCUT2D eigenvalue weighted by Crippen LogP contribution is -2.44. The van der Waals surface area contributed by atoms with Crippen LogP contribution in [0.15, 0.2) is 11.1 Å². The van der Waals surface area contributed by atoms with Crippen molar-refractivity contribution in [2.75, 3.05) is 18.2 Å². The minimum atomic E-state index is -5.33. The van der Waals surface area contributed by atoms with E-state index in [0.717, 1.165) is 10.9 Å². The van der Waals surface area contributed by atoms with Gasteiger partial charge in [0.2, 0.25) is 19.9 Å². The molecule has 1 fully saturated rings. The number of anilines is 1. The van der Waals surface area contributed by atoms with Crippen LogP contribution in [0.2, 0.25) is 0 Å². The van der Waals surface area contributed by atoms with E-state index in [4.69, 9.17) is 36.6 Å². The number of alkyl halides is 1. The van der Waals surface area contributed by atoms with Gasteiger partial charge >= 0.3 is 7.82 Å². The molecule has 0 aliphatic carbocycles. The molecule has 1 amide bonds. The Kier molecular flexibility index (Phi) is 8.59. The van der Waals surface area contributed by atoms with E-state index in [-0.39, 0.29) is 17.1 Å². The molecular weight excluding hydrogens is 542 g/mol. The highest BCUT2D eigenvalue weighted by Crippen LogP contribution is 2.39. The van der Waals surface area contributed by atoms with Gasteiger partial charge in [0, 0.05) is 0 Å². The maximum Gasteiger partial charge on any atom is 0.472 e. The summed E-state index contributed by atoms with van der Waals surface area (Å²) in [6, 6.07) is 0. The Morgan fingerprint density at radius 1 is 1.46 bits per heavy atom. The number of aromatic amines is 1. The number of imidazole rings is 1. The van der Waals surface area contributed by atoms with Gasteiger partial charge < -0.3 is 40.1 Å². The summed E-state index contributed by atoms with van der Waals surface area (Å²) in [4.78, 5) is 72.8. The van der Waals surface area contributed by atoms with Gasteiger partial charge in [0.1, 0.15) is 24.2 Å². The number of amides is 1. The van der Waals surface area contributed by atoms with E-state index < -0.39 is 76.0 Å². The van der Waals surface area contributed by atoms with Crippen LogP contribution in [0.4, 0.5) is 5.95 Å². The second kappa shape index (κ2) is 10.9. The number of aliphatic hydroxyl groups excluding tert-OH is 2. The van der Waals surface area contributed by atoms with Crippen LogP contribution in [-0.2, 0) is 23.4 Å². The number of carbonyl (C=O) groups excluding carboxylic acids is 1. The van der Waals surface area contributed by atoms with Gasteiger partial charge in [-0.3, -0.25) is 24.5 Å². The van der Waals surface area contributed by atoms with Crippen molar-refractivity contribution in [3.05, 3.63) is 16.7 Å². The number of nitrogen functional groups attached to an aromatic ring is 1. The fourth-order valence-corrected chi connectivity index (χ4v) is 4.16. The number of H-pyrrole nitrogens is 1. The SMILES string of the molecule is Nc1nc2c(ncn2[C@@H]2O[C@H](COC(OP(=O)(O)O)C(NC(=O)CCl)=[P+]([O-])O)[C@@H](O)[C@H]2O)c(=O)[nH]1. The van der Waals surface area contributed by atoms with Gasteiger partial charge in [0.05, 0.1) is 12.9 Å². The summed E-state index contributed by atoms with van der Waals surface area (Å²) >= 11 is 5.32. The molecule has 0 aromatic carbocycles. The average Bonchev–Trinajstić information content (AvgIpc) is 3.29. The number of phosphoric acid groups is 1. The Morgan fingerprint density at radius 2 is 2.14 bits per heavy atom. The monoisotopic (exact) mass is 560 g/mol. The number of carbonyl (C=O) groups is 1. The smallest absolute Gasteiger partial charge is 0.472 e. The number of nitrogens with zero attached hydrogens (tertiary/aromatic N) is 3. The van der Waals surface area contributed by atoms with Crippen LogP contribution in [0.5, 0.6) is 0 Å². The Hall–Kier alpha value is -2.05. The quantitative estimate of drug-likeness (QED) is 0.0821. The number of aromatic nitrogens is 4. The fourth-order valence-electron chi connectivity index (χ4n) is 3.07. The molecule has 2 unspecified atom stereocenters. The van der Waals surface area contributed by atoms with Crippen molar-refractivity contribution in [2.24, 2.45) is 0 Å². The van der Waals surface area contributed by atoms with Gasteiger partial charge in [-0.25, -0.2) is 14.1 Å². The number of fused-ring (bicyclic) bond motifs is 1. The molecule has 1 saturated heterocycles. The number of halogens is 1. The molecular formula is C14H19ClN6O12P2. The molecule has 2 aromatic heterocycles. The van der Waals surface area contributed by atoms with Crippen molar-refractivity contribution in [1.82, 2.24) is 24.8 Å². The molecule has 3 heterocycles. The maximum atomic E-state index is 12.0. The number of ether oxygens (including phenoxy) is 2. The molecule has 2 aromatic rings. The van der Waals surface area contributed by atoms with E-state index in [0.29, 0.717) is 0 Å². The summed E-state index contributed by atoms with van der Waals surface area (Å²) < 4.78 is 27.4. The van der Waals surface area contributed by atoms with E-state index in [1.807, 2.05) is 5.32 Å². The minimum absolute atomic E-state index is 0.0801. The molecule has 3 rings (SSSR count). The highest BCUT2D eigenvalue weighted by Gasteiger charge is 2.45. The van der Waals surface area contributed by atoms with Crippen LogP contribution in [0, 0.1) is 0 Å². The molecule has 0 radical (unpaired) electrons. The molecule has 35 heavy (non-hydrogen) atoms. The van der Waals surface area contributed by atoms with E-state index in [9.17, 15) is 34.2 Å². The van der Waals surface area contributed by atoms with E-state index >= 15 is 0 Å². The molecule has 1 aliphatic rings. The molecule has 0 saturated carbocycles. The van der Waals surface area contributed by atoms with Gasteiger partial charge in [-0.1, -0.05) is 0 Å². The van der Waals surface area contributed by atoms with Crippen molar-refractivity contribution in [3.8, 4) is 0 Å². The molecule has 0 spiro atoms. The zero-order valence-electron chi connectivity index (χ0n) is 17.2. The van der Waals surface area contributed by atoms with E-state index in [1.165, 1.54) is 0 Å². The number of nitrogens with one attached hydrogen (secondary N) is 2. The Balaban J connectivity index is 1.82. The first-order valence-corrected chi connectivity index (χ1v) is 12.6. The zero-order valence-corrected chi connectivity index (χ0v) is 19.7. The van der Waals surface area contributed by atoms with E-state index in [2.05, 4.69) is 19.5 Å². The first kappa shape index (κ1) is 27.5. The number of hydrogen-bond acceptors (Lipinski definition) is 13. The Morgan fingerprint density at radius 3 is 2.74 bits per heavy atom. The topological polar surface area (TPSA) is 288 Å². The van der Waals surface area contributed by atoms with Gasteiger partial charge in [-0.15, -0.1) is 11.6 Å². The van der Waals surface area contributed by atoms with Crippen LogP contribution in [-0.4, -0.2) is 92.8 Å². The molecule has 21 heteroatoms. The number of phosphoric ester groups is 1. The third-order valence-corrected chi connectivity index (χ3v) is 5.97. The van der Waals surface area contributed by atoms with Crippen LogP contribution >= 0.6 is 27.4 Å². The van der Waals surface area contributed by atoms with Crippen LogP contribution in [0.1, 0.15) is 6.23 Å². The number of aliphatic hydroxyl groups is 2.